The number of hydrogen-bond acceptors (Lipinski definition) is 1. The fraction of sp³-hybridized carbons (Fsp3) is 0.250. The van der Waals surface area contributed by atoms with Crippen molar-refractivity contribution in [1.29, 1.82) is 0 Å². The van der Waals surface area contributed by atoms with Crippen LogP contribution in [0.2, 0.25) is 0 Å². The summed E-state index contributed by atoms with van der Waals surface area (Å²) in [6, 6.07) is 2.75. The molecule has 1 nitrogen and oxygen atoms in total. The van der Waals surface area contributed by atoms with Gasteiger partial charge in [-0.1, -0.05) is 15.9 Å². The highest BCUT2D eigenvalue weighted by Crippen LogP contribution is 2.36. The lowest BCUT2D eigenvalue weighted by Crippen LogP contribution is -2.20. The Bertz CT molecular complexity index is 337. The van der Waals surface area contributed by atoms with Gasteiger partial charge in [-0.15, -0.1) is 0 Å². The normalized spacial score (nSPS) is 14.1. The number of halogens is 5. The van der Waals surface area contributed by atoms with Crippen molar-refractivity contribution in [3.8, 4) is 0 Å². The number of benzene rings is 1. The van der Waals surface area contributed by atoms with Gasteiger partial charge >= 0.3 is 6.18 Å². The summed E-state index contributed by atoms with van der Waals surface area (Å²) in [4.78, 5) is 0. The van der Waals surface area contributed by atoms with E-state index in [0.29, 0.717) is 6.07 Å². The van der Waals surface area contributed by atoms with E-state index >= 15 is 0 Å². The fourth-order valence-corrected chi connectivity index (χ4v) is 1.36. The Kier molecular flexibility index (Phi) is 3.16. The zero-order valence-electron chi connectivity index (χ0n) is 6.65. The monoisotopic (exact) mass is 272 g/mol. The average Bonchev–Trinajstić information content (AvgIpc) is 2.06. The highest BCUT2D eigenvalue weighted by molar-refractivity contribution is 9.10. The summed E-state index contributed by atoms with van der Waals surface area (Å²) in [5, 5.41) is 8.84. The van der Waals surface area contributed by atoms with Gasteiger partial charge in [-0.3, -0.25) is 0 Å². The molecule has 0 heterocycles. The van der Waals surface area contributed by atoms with Gasteiger partial charge in [0.2, 0.25) is 0 Å². The highest BCUT2D eigenvalue weighted by Gasteiger charge is 2.40. The summed E-state index contributed by atoms with van der Waals surface area (Å²) in [6.07, 6.45) is -7.47. The van der Waals surface area contributed by atoms with Gasteiger partial charge in [0.15, 0.2) is 6.10 Å². The molecule has 0 radical (unpaired) electrons. The first-order valence-electron chi connectivity index (χ1n) is 3.52. The smallest absolute Gasteiger partial charge is 0.379 e. The minimum Gasteiger partial charge on any atom is -0.379 e. The lowest BCUT2D eigenvalue weighted by Gasteiger charge is -2.15. The maximum Gasteiger partial charge on any atom is 0.418 e. The summed E-state index contributed by atoms with van der Waals surface area (Å²) in [5.74, 6) is -0.827. The van der Waals surface area contributed by atoms with Crippen LogP contribution in [0.5, 0.6) is 0 Å². The number of alkyl halides is 3. The van der Waals surface area contributed by atoms with Gasteiger partial charge in [-0.25, -0.2) is 4.39 Å². The molecule has 1 aromatic rings. The van der Waals surface area contributed by atoms with Gasteiger partial charge in [0.1, 0.15) is 5.82 Å². The summed E-state index contributed by atoms with van der Waals surface area (Å²) >= 11 is 2.80. The van der Waals surface area contributed by atoms with Crippen LogP contribution in [-0.2, 0) is 0 Å². The Morgan fingerprint density at radius 1 is 1.29 bits per heavy atom. The quantitative estimate of drug-likeness (QED) is 0.779. The molecule has 0 saturated heterocycles. The molecule has 0 saturated carbocycles. The van der Waals surface area contributed by atoms with Crippen molar-refractivity contribution in [1.82, 2.24) is 0 Å². The van der Waals surface area contributed by atoms with E-state index in [4.69, 9.17) is 5.11 Å². The molecule has 1 N–H and O–H groups in total. The van der Waals surface area contributed by atoms with Gasteiger partial charge in [0.05, 0.1) is 0 Å². The molecule has 0 unspecified atom stereocenters. The third-order valence-electron chi connectivity index (χ3n) is 1.56. The van der Waals surface area contributed by atoms with E-state index in [1.165, 1.54) is 0 Å². The zero-order valence-corrected chi connectivity index (χ0v) is 8.23. The Labute approximate surface area is 85.5 Å². The minimum absolute atomic E-state index is 0.0173. The lowest BCUT2D eigenvalue weighted by atomic mass is 10.1. The molecule has 0 aliphatic heterocycles. The molecule has 78 valence electrons. The van der Waals surface area contributed by atoms with E-state index in [1.807, 2.05) is 0 Å². The van der Waals surface area contributed by atoms with E-state index in [1.54, 1.807) is 0 Å². The molecule has 0 amide bonds. The largest absolute Gasteiger partial charge is 0.418 e. The van der Waals surface area contributed by atoms with Crippen LogP contribution in [0, 0.1) is 5.82 Å². The van der Waals surface area contributed by atoms with Crippen LogP contribution in [0.15, 0.2) is 22.7 Å². The first-order chi connectivity index (χ1) is 6.32. The fourth-order valence-electron chi connectivity index (χ4n) is 0.900. The van der Waals surface area contributed by atoms with Crippen molar-refractivity contribution in [2.75, 3.05) is 0 Å². The van der Waals surface area contributed by atoms with Crippen LogP contribution in [0.25, 0.3) is 0 Å². The van der Waals surface area contributed by atoms with Crippen molar-refractivity contribution in [2.45, 2.75) is 12.3 Å². The van der Waals surface area contributed by atoms with Crippen LogP contribution in [0.3, 0.4) is 0 Å². The van der Waals surface area contributed by atoms with Crippen LogP contribution < -0.4 is 0 Å². The van der Waals surface area contributed by atoms with Gasteiger partial charge in [0.25, 0.3) is 0 Å². The lowest BCUT2D eigenvalue weighted by molar-refractivity contribution is -0.207. The maximum absolute atomic E-state index is 12.6. The second kappa shape index (κ2) is 3.86. The van der Waals surface area contributed by atoms with Crippen molar-refractivity contribution in [3.05, 3.63) is 34.1 Å². The third-order valence-corrected chi connectivity index (χ3v) is 2.28. The molecule has 0 bridgehead atoms. The van der Waals surface area contributed by atoms with Crippen LogP contribution >= 0.6 is 15.9 Å². The number of hydrogen-bond donors (Lipinski definition) is 1. The Morgan fingerprint density at radius 3 is 2.36 bits per heavy atom. The van der Waals surface area contributed by atoms with E-state index in [2.05, 4.69) is 15.9 Å². The molecule has 6 heteroatoms. The summed E-state index contributed by atoms with van der Waals surface area (Å²) in [7, 11) is 0. The summed E-state index contributed by atoms with van der Waals surface area (Å²) < 4.78 is 48.8. The van der Waals surface area contributed by atoms with Gasteiger partial charge < -0.3 is 5.11 Å². The third kappa shape index (κ3) is 2.45. The van der Waals surface area contributed by atoms with Crippen LogP contribution in [0.4, 0.5) is 17.6 Å². The average molecular weight is 273 g/mol. The van der Waals surface area contributed by atoms with Crippen LogP contribution in [-0.4, -0.2) is 11.3 Å². The molecule has 0 aromatic heterocycles. The first-order valence-corrected chi connectivity index (χ1v) is 4.31. The number of rotatable bonds is 1. The van der Waals surface area contributed by atoms with Crippen molar-refractivity contribution in [2.24, 2.45) is 0 Å². The molecular formula is C8H5BrF4O. The topological polar surface area (TPSA) is 20.2 Å². The van der Waals surface area contributed by atoms with Crippen molar-refractivity contribution in [3.63, 3.8) is 0 Å². The molecule has 1 aromatic carbocycles. The van der Waals surface area contributed by atoms with Gasteiger partial charge in [-0.2, -0.15) is 13.2 Å². The molecule has 0 aliphatic carbocycles. The molecule has 0 fully saturated rings. The molecule has 1 rings (SSSR count). The van der Waals surface area contributed by atoms with E-state index < -0.39 is 23.7 Å². The number of aliphatic hydroxyl groups is 1. The van der Waals surface area contributed by atoms with E-state index in [0.717, 1.165) is 12.1 Å². The molecular weight excluding hydrogens is 268 g/mol. The molecule has 14 heavy (non-hydrogen) atoms. The van der Waals surface area contributed by atoms with E-state index in [-0.39, 0.29) is 4.47 Å². The van der Waals surface area contributed by atoms with Gasteiger partial charge in [0, 0.05) is 10.0 Å². The Balaban J connectivity index is 3.12. The van der Waals surface area contributed by atoms with Gasteiger partial charge in [-0.05, 0) is 18.2 Å². The predicted octanol–water partition coefficient (Wildman–Crippen LogP) is 3.18. The standard InChI is InChI=1S/C8H5BrF4O/c9-6-2-1-4(10)3-5(6)7(14)8(11,12)13/h1-3,7,14H/t7-/m0/s1. The predicted molar refractivity (Wildman–Crippen MR) is 45.1 cm³/mol. The second-order valence-electron chi connectivity index (χ2n) is 2.61. The van der Waals surface area contributed by atoms with E-state index in [9.17, 15) is 17.6 Å². The summed E-state index contributed by atoms with van der Waals surface area (Å²) in [6.45, 7) is 0. The second-order valence-corrected chi connectivity index (χ2v) is 3.46. The van der Waals surface area contributed by atoms with Crippen molar-refractivity contribution >= 4 is 15.9 Å². The Hall–Kier alpha value is -0.620. The number of aliphatic hydroxyl groups excluding tert-OH is 1. The zero-order chi connectivity index (χ0) is 10.9. The molecule has 0 aliphatic rings. The highest BCUT2D eigenvalue weighted by atomic mass is 79.9. The molecule has 1 atom stereocenters. The van der Waals surface area contributed by atoms with Crippen LogP contribution in [0.1, 0.15) is 11.7 Å². The first kappa shape index (κ1) is 11.5. The SMILES string of the molecule is O[C@@H](c1cc(F)ccc1Br)C(F)(F)F. The maximum atomic E-state index is 12.6. The Morgan fingerprint density at radius 2 is 1.86 bits per heavy atom. The minimum atomic E-state index is -4.80. The molecule has 0 spiro atoms. The van der Waals surface area contributed by atoms with Crippen molar-refractivity contribution < 1.29 is 22.7 Å². The summed E-state index contributed by atoms with van der Waals surface area (Å²) in [5.41, 5.74) is -0.530.